The van der Waals surface area contributed by atoms with Gasteiger partial charge in [0.15, 0.2) is 5.96 Å². The number of guanidine groups is 1. The van der Waals surface area contributed by atoms with Gasteiger partial charge in [0, 0.05) is 32.2 Å². The molecule has 2 atom stereocenters. The van der Waals surface area contributed by atoms with E-state index in [-0.39, 0.29) is 35.6 Å². The lowest BCUT2D eigenvalue weighted by Crippen LogP contribution is -2.47. The van der Waals surface area contributed by atoms with Gasteiger partial charge >= 0.3 is 0 Å². The Kier molecular flexibility index (Phi) is 7.25. The Hall–Kier alpha value is -1.02. The molecule has 0 amide bonds. The molecule has 1 saturated carbocycles. The summed E-state index contributed by atoms with van der Waals surface area (Å²) >= 11 is 0. The highest BCUT2D eigenvalue weighted by atomic mass is 127. The van der Waals surface area contributed by atoms with Crippen LogP contribution in [0.4, 0.5) is 0 Å². The van der Waals surface area contributed by atoms with Crippen molar-refractivity contribution >= 4 is 29.9 Å². The van der Waals surface area contributed by atoms with E-state index < -0.39 is 0 Å². The first-order valence-electron chi connectivity index (χ1n) is 10.1. The maximum absolute atomic E-state index is 6.46. The van der Waals surface area contributed by atoms with Crippen LogP contribution in [0, 0.1) is 0 Å². The van der Waals surface area contributed by atoms with E-state index in [0.29, 0.717) is 6.10 Å². The zero-order valence-corrected chi connectivity index (χ0v) is 18.5. The van der Waals surface area contributed by atoms with Crippen molar-refractivity contribution in [3.63, 3.8) is 0 Å². The second-order valence-electron chi connectivity index (χ2n) is 7.85. The molecule has 1 aliphatic carbocycles. The zero-order chi connectivity index (χ0) is 17.8. The number of aliphatic imine (C=N–C) groups is 1. The van der Waals surface area contributed by atoms with Crippen LogP contribution < -0.4 is 15.4 Å². The fourth-order valence-corrected chi connectivity index (χ4v) is 4.66. The Balaban J connectivity index is 0.00000210. The molecular formula is C21H32IN3O2. The third-order valence-electron chi connectivity index (χ3n) is 6.03. The summed E-state index contributed by atoms with van der Waals surface area (Å²) in [6, 6.07) is 8.69. The quantitative estimate of drug-likeness (QED) is 0.382. The standard InChI is InChI=1S/C21H31N3O2.HI/c1-22-20(23-13-10-16-7-6-14-25-16)24-18-15-21(11-4-5-12-21)26-19-9-3-2-8-17(18)19;/h2-3,8-9,16,18H,4-7,10-15H2,1H3,(H2,22,23,24);1H. The highest BCUT2D eigenvalue weighted by molar-refractivity contribution is 14.0. The summed E-state index contributed by atoms with van der Waals surface area (Å²) in [5.74, 6) is 1.91. The van der Waals surface area contributed by atoms with E-state index in [2.05, 4.69) is 39.9 Å². The van der Waals surface area contributed by atoms with Crippen molar-refractivity contribution in [1.82, 2.24) is 10.6 Å². The fourth-order valence-electron chi connectivity index (χ4n) is 4.66. The lowest BCUT2D eigenvalue weighted by atomic mass is 9.86. The third kappa shape index (κ3) is 4.88. The Bertz CT molecular complexity index is 640. The largest absolute Gasteiger partial charge is 0.487 e. The summed E-state index contributed by atoms with van der Waals surface area (Å²) in [4.78, 5) is 4.45. The Morgan fingerprint density at radius 2 is 2.04 bits per heavy atom. The van der Waals surface area contributed by atoms with Crippen molar-refractivity contribution in [2.75, 3.05) is 20.2 Å². The number of benzene rings is 1. The van der Waals surface area contributed by atoms with E-state index in [9.17, 15) is 0 Å². The average Bonchev–Trinajstić information content (AvgIpc) is 3.33. The second kappa shape index (κ2) is 9.45. The normalized spacial score (nSPS) is 26.2. The maximum Gasteiger partial charge on any atom is 0.191 e. The minimum atomic E-state index is 0. The minimum Gasteiger partial charge on any atom is -0.487 e. The number of hydrogen-bond acceptors (Lipinski definition) is 3. The van der Waals surface area contributed by atoms with Crippen molar-refractivity contribution < 1.29 is 9.47 Å². The molecule has 3 aliphatic rings. The van der Waals surface area contributed by atoms with Gasteiger partial charge in [-0.25, -0.2) is 0 Å². The van der Waals surface area contributed by atoms with Crippen LogP contribution in [0.2, 0.25) is 0 Å². The number of para-hydroxylation sites is 1. The van der Waals surface area contributed by atoms with Gasteiger partial charge < -0.3 is 20.1 Å². The summed E-state index contributed by atoms with van der Waals surface area (Å²) < 4.78 is 12.2. The molecule has 2 aliphatic heterocycles. The van der Waals surface area contributed by atoms with Crippen molar-refractivity contribution in [1.29, 1.82) is 0 Å². The number of halogens is 1. The van der Waals surface area contributed by atoms with Gasteiger partial charge in [-0.3, -0.25) is 4.99 Å². The molecule has 0 aromatic heterocycles. The lowest BCUT2D eigenvalue weighted by Gasteiger charge is -2.40. The van der Waals surface area contributed by atoms with Gasteiger partial charge in [-0.2, -0.15) is 0 Å². The van der Waals surface area contributed by atoms with E-state index in [4.69, 9.17) is 9.47 Å². The molecule has 1 aromatic rings. The van der Waals surface area contributed by atoms with Gasteiger partial charge in [-0.15, -0.1) is 24.0 Å². The molecule has 2 N–H and O–H groups in total. The molecular weight excluding hydrogens is 453 g/mol. The van der Waals surface area contributed by atoms with Crippen LogP contribution in [-0.4, -0.2) is 37.9 Å². The Morgan fingerprint density at radius 1 is 1.22 bits per heavy atom. The van der Waals surface area contributed by atoms with Gasteiger partial charge in [0.05, 0.1) is 12.1 Å². The monoisotopic (exact) mass is 485 g/mol. The van der Waals surface area contributed by atoms with Crippen molar-refractivity contribution in [2.45, 2.75) is 69.1 Å². The lowest BCUT2D eigenvalue weighted by molar-refractivity contribution is 0.0396. The minimum absolute atomic E-state index is 0. The molecule has 2 heterocycles. The van der Waals surface area contributed by atoms with Crippen molar-refractivity contribution in [3.8, 4) is 5.75 Å². The molecule has 5 nitrogen and oxygen atoms in total. The molecule has 0 radical (unpaired) electrons. The second-order valence-corrected chi connectivity index (χ2v) is 7.85. The fraction of sp³-hybridized carbons (Fsp3) is 0.667. The molecule has 1 spiro atoms. The zero-order valence-electron chi connectivity index (χ0n) is 16.2. The van der Waals surface area contributed by atoms with Crippen LogP contribution in [0.3, 0.4) is 0 Å². The number of nitrogens with zero attached hydrogens (tertiary/aromatic N) is 1. The predicted octanol–water partition coefficient (Wildman–Crippen LogP) is 4.18. The summed E-state index contributed by atoms with van der Waals surface area (Å²) in [5.41, 5.74) is 1.25. The van der Waals surface area contributed by atoms with Crippen LogP contribution in [0.1, 0.15) is 63.0 Å². The van der Waals surface area contributed by atoms with Crippen molar-refractivity contribution in [2.24, 2.45) is 4.99 Å². The summed E-state index contributed by atoms with van der Waals surface area (Å²) in [6.45, 7) is 1.80. The van der Waals surface area contributed by atoms with Gasteiger partial charge in [0.25, 0.3) is 0 Å². The van der Waals surface area contributed by atoms with Gasteiger partial charge in [0.2, 0.25) is 0 Å². The first-order valence-corrected chi connectivity index (χ1v) is 10.1. The van der Waals surface area contributed by atoms with Gasteiger partial charge in [-0.05, 0) is 51.0 Å². The SMILES string of the molecule is CN=C(NCCC1CCCO1)NC1CC2(CCCC2)Oc2ccccc21.I. The van der Waals surface area contributed by atoms with Gasteiger partial charge in [-0.1, -0.05) is 18.2 Å². The summed E-state index contributed by atoms with van der Waals surface area (Å²) in [5, 5.41) is 7.13. The summed E-state index contributed by atoms with van der Waals surface area (Å²) in [6.07, 6.45) is 9.68. The molecule has 0 bridgehead atoms. The number of fused-ring (bicyclic) bond motifs is 1. The number of nitrogens with one attached hydrogen (secondary N) is 2. The highest BCUT2D eigenvalue weighted by Crippen LogP contribution is 2.46. The van der Waals surface area contributed by atoms with Crippen LogP contribution in [0.15, 0.2) is 29.3 Å². The van der Waals surface area contributed by atoms with Crippen molar-refractivity contribution in [3.05, 3.63) is 29.8 Å². The molecule has 6 heteroatoms. The number of hydrogen-bond donors (Lipinski definition) is 2. The number of rotatable bonds is 4. The molecule has 150 valence electrons. The van der Waals surface area contributed by atoms with E-state index in [1.165, 1.54) is 31.2 Å². The third-order valence-corrected chi connectivity index (χ3v) is 6.03. The highest BCUT2D eigenvalue weighted by Gasteiger charge is 2.43. The molecule has 2 fully saturated rings. The van der Waals surface area contributed by atoms with E-state index in [0.717, 1.165) is 50.5 Å². The average molecular weight is 485 g/mol. The summed E-state index contributed by atoms with van der Waals surface area (Å²) in [7, 11) is 1.85. The van der Waals surface area contributed by atoms with Crippen LogP contribution in [0.25, 0.3) is 0 Å². The van der Waals surface area contributed by atoms with Gasteiger partial charge in [0.1, 0.15) is 11.4 Å². The topological polar surface area (TPSA) is 54.9 Å². The van der Waals surface area contributed by atoms with Crippen LogP contribution >= 0.6 is 24.0 Å². The first kappa shape index (κ1) is 20.7. The van der Waals surface area contributed by atoms with E-state index in [1.807, 2.05) is 7.05 Å². The molecule has 4 rings (SSSR count). The van der Waals surface area contributed by atoms with E-state index >= 15 is 0 Å². The molecule has 2 unspecified atom stereocenters. The maximum atomic E-state index is 6.46. The van der Waals surface area contributed by atoms with Crippen LogP contribution in [0.5, 0.6) is 5.75 Å². The molecule has 1 saturated heterocycles. The number of ether oxygens (including phenoxy) is 2. The smallest absolute Gasteiger partial charge is 0.191 e. The molecule has 1 aromatic carbocycles. The Labute approximate surface area is 179 Å². The predicted molar refractivity (Wildman–Crippen MR) is 119 cm³/mol. The molecule has 27 heavy (non-hydrogen) atoms. The Morgan fingerprint density at radius 3 is 2.78 bits per heavy atom. The van der Waals surface area contributed by atoms with E-state index in [1.54, 1.807) is 0 Å². The van der Waals surface area contributed by atoms with Crippen LogP contribution in [-0.2, 0) is 4.74 Å². The first-order chi connectivity index (χ1) is 12.8.